The summed E-state index contributed by atoms with van der Waals surface area (Å²) < 4.78 is 28.8. The maximum absolute atomic E-state index is 11.9. The van der Waals surface area contributed by atoms with Crippen molar-refractivity contribution < 1.29 is 13.2 Å². The van der Waals surface area contributed by atoms with E-state index in [9.17, 15) is 8.42 Å². The molecule has 2 N–H and O–H groups in total. The predicted octanol–water partition coefficient (Wildman–Crippen LogP) is 0.596. The van der Waals surface area contributed by atoms with Crippen molar-refractivity contribution in [3.8, 4) is 5.88 Å². The highest BCUT2D eigenvalue weighted by Gasteiger charge is 2.33. The van der Waals surface area contributed by atoms with Crippen LogP contribution in [0.15, 0.2) is 12.1 Å². The van der Waals surface area contributed by atoms with Crippen LogP contribution >= 0.6 is 11.8 Å². The van der Waals surface area contributed by atoms with Crippen molar-refractivity contribution in [2.75, 3.05) is 42.0 Å². The number of thioether (sulfide) groups is 1. The van der Waals surface area contributed by atoms with Crippen LogP contribution in [0.3, 0.4) is 0 Å². The first-order valence-corrected chi connectivity index (χ1v) is 8.88. The number of aromatic nitrogens is 1. The molecule has 1 aliphatic heterocycles. The molecule has 2 heterocycles. The third-order valence-electron chi connectivity index (χ3n) is 2.94. The number of methoxy groups -OCH3 is 1. The molecule has 0 spiro atoms. The molecule has 0 amide bonds. The summed E-state index contributed by atoms with van der Waals surface area (Å²) in [7, 11) is -1.67. The van der Waals surface area contributed by atoms with E-state index in [1.807, 2.05) is 0 Å². The molecular weight excluding hydrogens is 286 g/mol. The van der Waals surface area contributed by atoms with Gasteiger partial charge in [0.25, 0.3) is 0 Å². The lowest BCUT2D eigenvalue weighted by Crippen LogP contribution is -2.47. The van der Waals surface area contributed by atoms with Crippen LogP contribution in [0.2, 0.25) is 0 Å². The highest BCUT2D eigenvalue weighted by atomic mass is 32.2. The Balaban J connectivity index is 2.42. The Labute approximate surface area is 117 Å². The Morgan fingerprint density at radius 2 is 2.26 bits per heavy atom. The normalized spacial score (nSPS) is 20.3. The van der Waals surface area contributed by atoms with E-state index in [0.717, 1.165) is 5.75 Å². The number of ether oxygens (including phenoxy) is 1. The molecule has 0 aromatic carbocycles. The molecule has 19 heavy (non-hydrogen) atoms. The molecule has 0 radical (unpaired) electrons. The second kappa shape index (κ2) is 5.46. The number of nitrogen functional groups attached to an aromatic ring is 1. The van der Waals surface area contributed by atoms with Crippen LogP contribution in [-0.2, 0) is 9.84 Å². The van der Waals surface area contributed by atoms with Gasteiger partial charge in [-0.25, -0.2) is 8.42 Å². The van der Waals surface area contributed by atoms with Crippen molar-refractivity contribution in [3.05, 3.63) is 12.1 Å². The summed E-state index contributed by atoms with van der Waals surface area (Å²) in [6, 6.07) is 3.34. The molecular formula is C11H17N3O3S2. The van der Waals surface area contributed by atoms with Gasteiger partial charge in [-0.05, 0) is 6.07 Å². The van der Waals surface area contributed by atoms with Gasteiger partial charge in [-0.3, -0.25) is 0 Å². The fourth-order valence-electron chi connectivity index (χ4n) is 1.96. The van der Waals surface area contributed by atoms with E-state index in [0.29, 0.717) is 29.7 Å². The van der Waals surface area contributed by atoms with Crippen molar-refractivity contribution in [2.24, 2.45) is 0 Å². The monoisotopic (exact) mass is 303 g/mol. The van der Waals surface area contributed by atoms with Gasteiger partial charge in [-0.1, -0.05) is 0 Å². The Bertz CT molecular complexity index is 562. The lowest BCUT2D eigenvalue weighted by molar-refractivity contribution is 0.398. The minimum Gasteiger partial charge on any atom is -0.481 e. The number of hydrogen-bond acceptors (Lipinski definition) is 7. The van der Waals surface area contributed by atoms with Gasteiger partial charge in [0.15, 0.2) is 15.7 Å². The molecule has 0 aliphatic carbocycles. The van der Waals surface area contributed by atoms with Crippen LogP contribution in [0.5, 0.6) is 5.88 Å². The van der Waals surface area contributed by atoms with Gasteiger partial charge in [0, 0.05) is 30.4 Å². The number of sulfone groups is 1. The first-order chi connectivity index (χ1) is 8.93. The number of pyridine rings is 1. The van der Waals surface area contributed by atoms with Crippen LogP contribution < -0.4 is 15.4 Å². The van der Waals surface area contributed by atoms with Crippen LogP contribution in [0, 0.1) is 0 Å². The maximum atomic E-state index is 11.9. The standard InChI is InChI=1S/C11H17N3O3S2/c1-17-9-4-3-8(12)11(13-9)14-5-6-18-7-10(14)19(2,15)16/h3-4,10H,5-7,12H2,1-2H3. The topological polar surface area (TPSA) is 85.5 Å². The number of hydrogen-bond donors (Lipinski definition) is 1. The fourth-order valence-corrected chi connectivity index (χ4v) is 4.78. The van der Waals surface area contributed by atoms with Gasteiger partial charge >= 0.3 is 0 Å². The van der Waals surface area contributed by atoms with Crippen LogP contribution in [0.4, 0.5) is 11.5 Å². The Kier molecular flexibility index (Phi) is 4.10. The van der Waals surface area contributed by atoms with E-state index in [-0.39, 0.29) is 0 Å². The molecule has 1 aromatic heterocycles. The van der Waals surface area contributed by atoms with Crippen molar-refractivity contribution >= 4 is 33.1 Å². The van der Waals surface area contributed by atoms with E-state index < -0.39 is 15.2 Å². The van der Waals surface area contributed by atoms with Gasteiger partial charge < -0.3 is 15.4 Å². The molecule has 0 saturated carbocycles. The second-order valence-corrected chi connectivity index (χ2v) is 7.67. The Hall–Kier alpha value is -1.15. The van der Waals surface area contributed by atoms with Gasteiger partial charge in [0.2, 0.25) is 5.88 Å². The van der Waals surface area contributed by atoms with Crippen molar-refractivity contribution in [1.82, 2.24) is 4.98 Å². The summed E-state index contributed by atoms with van der Waals surface area (Å²) in [4.78, 5) is 6.04. The minimum atomic E-state index is -3.19. The summed E-state index contributed by atoms with van der Waals surface area (Å²) in [5, 5.41) is -0.590. The van der Waals surface area contributed by atoms with E-state index in [4.69, 9.17) is 10.5 Å². The van der Waals surface area contributed by atoms with E-state index in [1.54, 1.807) is 28.8 Å². The zero-order chi connectivity index (χ0) is 14.0. The lowest BCUT2D eigenvalue weighted by Gasteiger charge is -2.35. The largest absolute Gasteiger partial charge is 0.481 e. The summed E-state index contributed by atoms with van der Waals surface area (Å²) in [5.41, 5.74) is 6.38. The number of rotatable bonds is 3. The van der Waals surface area contributed by atoms with Crippen LogP contribution in [0.1, 0.15) is 0 Å². The first kappa shape index (κ1) is 14.3. The summed E-state index contributed by atoms with van der Waals surface area (Å²) in [5.74, 6) is 2.28. The number of anilines is 2. The molecule has 1 unspecified atom stereocenters. The lowest BCUT2D eigenvalue weighted by atomic mass is 10.3. The zero-order valence-corrected chi connectivity index (χ0v) is 12.5. The molecule has 1 saturated heterocycles. The average Bonchev–Trinajstić information content (AvgIpc) is 2.38. The predicted molar refractivity (Wildman–Crippen MR) is 78.5 cm³/mol. The smallest absolute Gasteiger partial charge is 0.215 e. The summed E-state index contributed by atoms with van der Waals surface area (Å²) in [6.45, 7) is 0.604. The highest BCUT2D eigenvalue weighted by Crippen LogP contribution is 2.30. The first-order valence-electron chi connectivity index (χ1n) is 5.77. The highest BCUT2D eigenvalue weighted by molar-refractivity contribution is 8.01. The SMILES string of the molecule is COc1ccc(N)c(N2CCSCC2S(C)(=O)=O)n1. The fraction of sp³-hybridized carbons (Fsp3) is 0.545. The molecule has 106 valence electrons. The van der Waals surface area contributed by atoms with E-state index in [1.165, 1.54) is 13.4 Å². The average molecular weight is 303 g/mol. The van der Waals surface area contributed by atoms with Crippen molar-refractivity contribution in [2.45, 2.75) is 5.37 Å². The molecule has 1 atom stereocenters. The van der Waals surface area contributed by atoms with Crippen molar-refractivity contribution in [3.63, 3.8) is 0 Å². The van der Waals surface area contributed by atoms with Gasteiger partial charge in [0.05, 0.1) is 12.8 Å². The Morgan fingerprint density at radius 3 is 2.89 bits per heavy atom. The van der Waals surface area contributed by atoms with Crippen LogP contribution in [-0.4, -0.2) is 50.2 Å². The minimum absolute atomic E-state index is 0.426. The third kappa shape index (κ3) is 3.06. The number of nitrogens with two attached hydrogens (primary N) is 1. The van der Waals surface area contributed by atoms with E-state index >= 15 is 0 Å². The van der Waals surface area contributed by atoms with E-state index in [2.05, 4.69) is 4.98 Å². The molecule has 1 aromatic rings. The molecule has 1 aliphatic rings. The molecule has 8 heteroatoms. The molecule has 1 fully saturated rings. The third-order valence-corrected chi connectivity index (χ3v) is 5.58. The Morgan fingerprint density at radius 1 is 1.53 bits per heavy atom. The van der Waals surface area contributed by atoms with Gasteiger partial charge in [-0.15, -0.1) is 0 Å². The van der Waals surface area contributed by atoms with Gasteiger partial charge in [-0.2, -0.15) is 16.7 Å². The van der Waals surface area contributed by atoms with Gasteiger partial charge in [0.1, 0.15) is 5.37 Å². The molecule has 2 rings (SSSR count). The van der Waals surface area contributed by atoms with Crippen molar-refractivity contribution in [1.29, 1.82) is 0 Å². The molecule has 0 bridgehead atoms. The second-order valence-electron chi connectivity index (χ2n) is 4.32. The maximum Gasteiger partial charge on any atom is 0.215 e. The molecule has 6 nitrogen and oxygen atoms in total. The number of nitrogens with zero attached hydrogens (tertiary/aromatic N) is 2. The summed E-state index contributed by atoms with van der Waals surface area (Å²) in [6.07, 6.45) is 1.24. The summed E-state index contributed by atoms with van der Waals surface area (Å²) >= 11 is 1.62. The quantitative estimate of drug-likeness (QED) is 0.875. The zero-order valence-electron chi connectivity index (χ0n) is 10.9. The van der Waals surface area contributed by atoms with Crippen LogP contribution in [0.25, 0.3) is 0 Å².